The highest BCUT2D eigenvalue weighted by atomic mass is 16.1. The van der Waals surface area contributed by atoms with E-state index in [1.807, 2.05) is 12.1 Å². The summed E-state index contributed by atoms with van der Waals surface area (Å²) in [6.07, 6.45) is 3.82. The number of nitrogens with zero attached hydrogens (tertiary/aromatic N) is 3. The predicted molar refractivity (Wildman–Crippen MR) is 114 cm³/mol. The first kappa shape index (κ1) is 18.1. The number of likely N-dealkylation sites (tertiary alicyclic amines) is 2. The highest BCUT2D eigenvalue weighted by Gasteiger charge is 2.37. The second kappa shape index (κ2) is 7.16. The zero-order valence-corrected chi connectivity index (χ0v) is 17.1. The van der Waals surface area contributed by atoms with Crippen molar-refractivity contribution in [3.05, 3.63) is 58.0 Å². The van der Waals surface area contributed by atoms with Gasteiger partial charge in [-0.15, -0.1) is 0 Å². The van der Waals surface area contributed by atoms with Gasteiger partial charge in [0, 0.05) is 42.9 Å². The maximum absolute atomic E-state index is 13.4. The molecule has 0 saturated carbocycles. The van der Waals surface area contributed by atoms with Gasteiger partial charge in [0.25, 0.3) is 5.56 Å². The Morgan fingerprint density at radius 3 is 2.50 bits per heavy atom. The molecule has 0 N–H and O–H groups in total. The Balaban J connectivity index is 1.44. The van der Waals surface area contributed by atoms with Crippen LogP contribution in [0.25, 0.3) is 11.1 Å². The van der Waals surface area contributed by atoms with Crippen LogP contribution in [0.4, 0.5) is 0 Å². The normalized spacial score (nSPS) is 26.2. The van der Waals surface area contributed by atoms with Gasteiger partial charge in [-0.1, -0.05) is 24.3 Å². The average molecular weight is 378 g/mol. The highest BCUT2D eigenvalue weighted by Crippen LogP contribution is 2.37. The van der Waals surface area contributed by atoms with Crippen molar-refractivity contribution in [1.29, 1.82) is 0 Å². The molecule has 4 nitrogen and oxygen atoms in total. The molecule has 2 atom stereocenters. The molecular weight excluding hydrogens is 346 g/mol. The van der Waals surface area contributed by atoms with Gasteiger partial charge in [0.15, 0.2) is 0 Å². The molecule has 2 bridgehead atoms. The van der Waals surface area contributed by atoms with Crippen LogP contribution in [0.5, 0.6) is 0 Å². The Labute approximate surface area is 167 Å². The summed E-state index contributed by atoms with van der Waals surface area (Å²) < 4.78 is 2.10. The molecule has 4 heteroatoms. The predicted octanol–water partition coefficient (Wildman–Crippen LogP) is 3.34. The minimum absolute atomic E-state index is 0.203. The molecule has 4 heterocycles. The lowest BCUT2D eigenvalue weighted by Gasteiger charge is -2.47. The number of piperidine rings is 2. The summed E-state index contributed by atoms with van der Waals surface area (Å²) in [6.45, 7) is 7.68. The third-order valence-electron chi connectivity index (χ3n) is 7.27. The van der Waals surface area contributed by atoms with Crippen LogP contribution in [0, 0.1) is 12.8 Å². The number of rotatable bonds is 2. The van der Waals surface area contributed by atoms with Crippen molar-refractivity contribution in [3.63, 3.8) is 0 Å². The Bertz CT molecular complexity index is 926. The standard InChI is InChI=1S/C24H31N3O/c1-17-5-3-4-6-21(17)22-7-8-23-19-13-18(15-27(23)24(22)28)14-26(16-19)20-9-11-25(2)12-10-20/h3-8,18-20H,9-16H2,1-2H3. The number of aryl methyl sites for hydroxylation is 1. The van der Waals surface area contributed by atoms with Gasteiger partial charge in [0.1, 0.15) is 0 Å². The van der Waals surface area contributed by atoms with Gasteiger partial charge in [-0.05, 0) is 75.5 Å². The first-order valence-corrected chi connectivity index (χ1v) is 10.8. The molecular formula is C24H31N3O. The van der Waals surface area contributed by atoms with E-state index in [9.17, 15) is 4.79 Å². The van der Waals surface area contributed by atoms with E-state index in [1.165, 1.54) is 43.6 Å². The van der Waals surface area contributed by atoms with E-state index in [-0.39, 0.29) is 5.56 Å². The monoisotopic (exact) mass is 377 g/mol. The molecule has 3 aliphatic rings. The highest BCUT2D eigenvalue weighted by molar-refractivity contribution is 5.66. The summed E-state index contributed by atoms with van der Waals surface area (Å²) in [6, 6.07) is 13.3. The maximum Gasteiger partial charge on any atom is 0.258 e. The van der Waals surface area contributed by atoms with E-state index in [0.717, 1.165) is 36.8 Å². The van der Waals surface area contributed by atoms with Crippen LogP contribution in [-0.2, 0) is 6.54 Å². The van der Waals surface area contributed by atoms with Crippen molar-refractivity contribution in [2.75, 3.05) is 33.2 Å². The van der Waals surface area contributed by atoms with Crippen LogP contribution in [0.3, 0.4) is 0 Å². The van der Waals surface area contributed by atoms with Crippen molar-refractivity contribution >= 4 is 0 Å². The molecule has 2 aromatic rings. The zero-order valence-electron chi connectivity index (χ0n) is 17.1. The average Bonchev–Trinajstić information content (AvgIpc) is 2.70. The fourth-order valence-corrected chi connectivity index (χ4v) is 5.72. The van der Waals surface area contributed by atoms with Crippen LogP contribution < -0.4 is 5.56 Å². The number of pyridine rings is 1. The van der Waals surface area contributed by atoms with Crippen LogP contribution in [0.1, 0.15) is 36.4 Å². The van der Waals surface area contributed by atoms with E-state index >= 15 is 0 Å². The van der Waals surface area contributed by atoms with Gasteiger partial charge in [-0.25, -0.2) is 0 Å². The molecule has 2 saturated heterocycles. The first-order chi connectivity index (χ1) is 13.6. The molecule has 0 amide bonds. The van der Waals surface area contributed by atoms with Crippen LogP contribution in [-0.4, -0.2) is 53.6 Å². The van der Waals surface area contributed by atoms with E-state index in [1.54, 1.807) is 0 Å². The lowest BCUT2D eigenvalue weighted by molar-refractivity contribution is 0.0517. The largest absolute Gasteiger partial charge is 0.311 e. The molecule has 0 radical (unpaired) electrons. The number of aromatic nitrogens is 1. The van der Waals surface area contributed by atoms with Gasteiger partial charge in [-0.2, -0.15) is 0 Å². The van der Waals surface area contributed by atoms with Gasteiger partial charge < -0.3 is 9.47 Å². The quantitative estimate of drug-likeness (QED) is 0.804. The Morgan fingerprint density at radius 2 is 1.71 bits per heavy atom. The Kier molecular flexibility index (Phi) is 4.64. The molecule has 0 spiro atoms. The zero-order chi connectivity index (χ0) is 19.3. The molecule has 148 valence electrons. The molecule has 28 heavy (non-hydrogen) atoms. The molecule has 1 aromatic carbocycles. The van der Waals surface area contributed by atoms with Crippen molar-refractivity contribution in [1.82, 2.24) is 14.4 Å². The second-order valence-corrected chi connectivity index (χ2v) is 9.19. The first-order valence-electron chi connectivity index (χ1n) is 10.8. The summed E-state index contributed by atoms with van der Waals surface area (Å²) in [5, 5.41) is 0. The van der Waals surface area contributed by atoms with Crippen molar-refractivity contribution < 1.29 is 0 Å². The maximum atomic E-state index is 13.4. The van der Waals surface area contributed by atoms with Gasteiger partial charge in [-0.3, -0.25) is 9.69 Å². The van der Waals surface area contributed by atoms with E-state index in [2.05, 4.69) is 52.6 Å². The molecule has 0 aliphatic carbocycles. The third-order valence-corrected chi connectivity index (χ3v) is 7.27. The van der Waals surface area contributed by atoms with E-state index in [4.69, 9.17) is 0 Å². The lowest BCUT2D eigenvalue weighted by Crippen LogP contribution is -2.53. The van der Waals surface area contributed by atoms with Crippen LogP contribution >= 0.6 is 0 Å². The number of hydrogen-bond acceptors (Lipinski definition) is 3. The topological polar surface area (TPSA) is 28.5 Å². The third kappa shape index (κ3) is 3.13. The van der Waals surface area contributed by atoms with Crippen LogP contribution in [0.2, 0.25) is 0 Å². The minimum Gasteiger partial charge on any atom is -0.311 e. The Hall–Kier alpha value is -1.91. The SMILES string of the molecule is Cc1ccccc1-c1ccc2n(c1=O)CC1CC2CN(C2CCN(C)CC2)C1. The lowest BCUT2D eigenvalue weighted by atomic mass is 9.81. The summed E-state index contributed by atoms with van der Waals surface area (Å²) in [5.41, 5.74) is 4.57. The van der Waals surface area contributed by atoms with E-state index in [0.29, 0.717) is 11.8 Å². The molecule has 3 aliphatic heterocycles. The fraction of sp³-hybridized carbons (Fsp3) is 0.542. The van der Waals surface area contributed by atoms with Crippen molar-refractivity contribution in [2.45, 2.75) is 44.7 Å². The fourth-order valence-electron chi connectivity index (χ4n) is 5.72. The summed E-state index contributed by atoms with van der Waals surface area (Å²) in [5.74, 6) is 1.11. The smallest absolute Gasteiger partial charge is 0.258 e. The van der Waals surface area contributed by atoms with Crippen LogP contribution in [0.15, 0.2) is 41.2 Å². The summed E-state index contributed by atoms with van der Waals surface area (Å²) >= 11 is 0. The van der Waals surface area contributed by atoms with Crippen molar-refractivity contribution in [3.8, 4) is 11.1 Å². The number of fused-ring (bicyclic) bond motifs is 4. The molecule has 1 aromatic heterocycles. The van der Waals surface area contributed by atoms with Gasteiger partial charge in [0.05, 0.1) is 0 Å². The van der Waals surface area contributed by atoms with Crippen molar-refractivity contribution in [2.24, 2.45) is 5.92 Å². The second-order valence-electron chi connectivity index (χ2n) is 9.19. The number of hydrogen-bond donors (Lipinski definition) is 0. The molecule has 2 fully saturated rings. The van der Waals surface area contributed by atoms with Gasteiger partial charge >= 0.3 is 0 Å². The molecule has 5 rings (SSSR count). The minimum atomic E-state index is 0.203. The summed E-state index contributed by atoms with van der Waals surface area (Å²) in [4.78, 5) is 18.6. The van der Waals surface area contributed by atoms with E-state index < -0.39 is 0 Å². The summed E-state index contributed by atoms with van der Waals surface area (Å²) in [7, 11) is 2.23. The number of benzene rings is 1. The van der Waals surface area contributed by atoms with Gasteiger partial charge in [0.2, 0.25) is 0 Å². The molecule has 2 unspecified atom stereocenters. The Morgan fingerprint density at radius 1 is 0.929 bits per heavy atom.